The van der Waals surface area contributed by atoms with Crippen molar-refractivity contribution in [3.63, 3.8) is 0 Å². The predicted molar refractivity (Wildman–Crippen MR) is 73.6 cm³/mol. The summed E-state index contributed by atoms with van der Waals surface area (Å²) in [6, 6.07) is 10.6. The number of benzene rings is 2. The van der Waals surface area contributed by atoms with Gasteiger partial charge in [0, 0.05) is 10.9 Å². The second-order valence-electron chi connectivity index (χ2n) is 4.71. The minimum Gasteiger partial charge on any atom is -0.478 e. The monoisotopic (exact) mass is 306 g/mol. The van der Waals surface area contributed by atoms with Crippen LogP contribution < -0.4 is 0 Å². The maximum absolute atomic E-state index is 12.5. The van der Waals surface area contributed by atoms with Crippen molar-refractivity contribution in [2.45, 2.75) is 6.18 Å². The molecule has 112 valence electrons. The van der Waals surface area contributed by atoms with Crippen LogP contribution >= 0.6 is 0 Å². The van der Waals surface area contributed by atoms with Crippen molar-refractivity contribution in [1.29, 1.82) is 0 Å². The van der Waals surface area contributed by atoms with Crippen LogP contribution in [0.15, 0.2) is 52.9 Å². The Labute approximate surface area is 122 Å². The third-order valence-electron chi connectivity index (χ3n) is 3.29. The number of hydrogen-bond donors (Lipinski definition) is 1. The van der Waals surface area contributed by atoms with E-state index in [0.717, 1.165) is 12.1 Å². The SMILES string of the molecule is O=C(O)c1cccc2oc(-c3ccc(C(F)(F)F)cc3)cc12. The third kappa shape index (κ3) is 2.43. The molecule has 0 amide bonds. The fourth-order valence-corrected chi connectivity index (χ4v) is 2.21. The van der Waals surface area contributed by atoms with Gasteiger partial charge in [-0.2, -0.15) is 13.2 Å². The van der Waals surface area contributed by atoms with Crippen LogP contribution in [0.4, 0.5) is 13.2 Å². The highest BCUT2D eigenvalue weighted by Gasteiger charge is 2.30. The van der Waals surface area contributed by atoms with Gasteiger partial charge in [-0.3, -0.25) is 0 Å². The molecule has 1 heterocycles. The van der Waals surface area contributed by atoms with Crippen LogP contribution in [0.5, 0.6) is 0 Å². The summed E-state index contributed by atoms with van der Waals surface area (Å²) < 4.78 is 43.2. The zero-order valence-electron chi connectivity index (χ0n) is 11.0. The van der Waals surface area contributed by atoms with E-state index < -0.39 is 17.7 Å². The molecule has 0 radical (unpaired) electrons. The van der Waals surface area contributed by atoms with Crippen LogP contribution in [0.2, 0.25) is 0 Å². The van der Waals surface area contributed by atoms with Crippen molar-refractivity contribution in [3.05, 3.63) is 59.7 Å². The topological polar surface area (TPSA) is 50.4 Å². The molecule has 0 aliphatic rings. The Morgan fingerprint density at radius 3 is 2.32 bits per heavy atom. The molecule has 1 N–H and O–H groups in total. The summed E-state index contributed by atoms with van der Waals surface area (Å²) in [6.45, 7) is 0. The lowest BCUT2D eigenvalue weighted by atomic mass is 10.1. The average Bonchev–Trinajstić information content (AvgIpc) is 2.90. The number of carboxylic acid groups (broad SMARTS) is 1. The number of furan rings is 1. The van der Waals surface area contributed by atoms with E-state index >= 15 is 0 Å². The first-order chi connectivity index (χ1) is 10.4. The minimum atomic E-state index is -4.40. The number of carboxylic acids is 1. The largest absolute Gasteiger partial charge is 0.478 e. The zero-order chi connectivity index (χ0) is 15.9. The molecule has 0 atom stereocenters. The Balaban J connectivity index is 2.07. The summed E-state index contributed by atoms with van der Waals surface area (Å²) in [5.74, 6) is -0.775. The molecule has 0 aliphatic heterocycles. The fraction of sp³-hybridized carbons (Fsp3) is 0.0625. The van der Waals surface area contributed by atoms with E-state index in [0.29, 0.717) is 22.3 Å². The van der Waals surface area contributed by atoms with Gasteiger partial charge in [0.15, 0.2) is 0 Å². The quantitative estimate of drug-likeness (QED) is 0.738. The van der Waals surface area contributed by atoms with Crippen molar-refractivity contribution in [1.82, 2.24) is 0 Å². The van der Waals surface area contributed by atoms with Gasteiger partial charge in [0.1, 0.15) is 11.3 Å². The summed E-state index contributed by atoms with van der Waals surface area (Å²) in [5, 5.41) is 9.53. The lowest BCUT2D eigenvalue weighted by Gasteiger charge is -2.06. The van der Waals surface area contributed by atoms with Gasteiger partial charge < -0.3 is 9.52 Å². The van der Waals surface area contributed by atoms with E-state index in [4.69, 9.17) is 9.52 Å². The Morgan fingerprint density at radius 2 is 1.73 bits per heavy atom. The van der Waals surface area contributed by atoms with E-state index in [1.54, 1.807) is 12.1 Å². The Kier molecular flexibility index (Phi) is 3.16. The first kappa shape index (κ1) is 14.2. The van der Waals surface area contributed by atoms with E-state index in [-0.39, 0.29) is 5.56 Å². The van der Waals surface area contributed by atoms with Gasteiger partial charge in [0.05, 0.1) is 11.1 Å². The second-order valence-corrected chi connectivity index (χ2v) is 4.71. The number of carbonyl (C=O) groups is 1. The first-order valence-electron chi connectivity index (χ1n) is 6.30. The number of alkyl halides is 3. The molecular formula is C16H9F3O3. The van der Waals surface area contributed by atoms with Gasteiger partial charge in [-0.15, -0.1) is 0 Å². The molecule has 2 aromatic carbocycles. The van der Waals surface area contributed by atoms with E-state index in [9.17, 15) is 18.0 Å². The number of rotatable bonds is 2. The molecule has 3 rings (SSSR count). The zero-order valence-corrected chi connectivity index (χ0v) is 11.0. The predicted octanol–water partition coefficient (Wildman–Crippen LogP) is 4.82. The van der Waals surface area contributed by atoms with Crippen molar-refractivity contribution >= 4 is 16.9 Å². The molecule has 22 heavy (non-hydrogen) atoms. The molecule has 6 heteroatoms. The van der Waals surface area contributed by atoms with Crippen LogP contribution in [0.25, 0.3) is 22.3 Å². The number of fused-ring (bicyclic) bond motifs is 1. The van der Waals surface area contributed by atoms with Gasteiger partial charge in [0.25, 0.3) is 0 Å². The van der Waals surface area contributed by atoms with Gasteiger partial charge in [-0.1, -0.05) is 18.2 Å². The van der Waals surface area contributed by atoms with Crippen LogP contribution in [-0.2, 0) is 6.18 Å². The van der Waals surface area contributed by atoms with E-state index in [1.807, 2.05) is 0 Å². The van der Waals surface area contributed by atoms with Gasteiger partial charge in [-0.05, 0) is 30.3 Å². The van der Waals surface area contributed by atoms with Gasteiger partial charge in [-0.25, -0.2) is 4.79 Å². The van der Waals surface area contributed by atoms with Gasteiger partial charge in [0.2, 0.25) is 0 Å². The standard InChI is InChI=1S/C16H9F3O3/c17-16(18,19)10-6-4-9(5-7-10)14-8-12-11(15(20)21)2-1-3-13(12)22-14/h1-8H,(H,20,21). The highest BCUT2D eigenvalue weighted by Crippen LogP contribution is 2.33. The highest BCUT2D eigenvalue weighted by atomic mass is 19.4. The Bertz CT molecular complexity index is 845. The van der Waals surface area contributed by atoms with Crippen molar-refractivity contribution in [2.24, 2.45) is 0 Å². The highest BCUT2D eigenvalue weighted by molar-refractivity contribution is 6.03. The van der Waals surface area contributed by atoms with E-state index in [1.165, 1.54) is 24.3 Å². The Hall–Kier alpha value is -2.76. The number of aromatic carboxylic acids is 1. The van der Waals surface area contributed by atoms with Crippen LogP contribution in [0.3, 0.4) is 0 Å². The summed E-state index contributed by atoms with van der Waals surface area (Å²) in [5.41, 5.74) is 0.147. The molecule has 0 unspecified atom stereocenters. The average molecular weight is 306 g/mol. The third-order valence-corrected chi connectivity index (χ3v) is 3.29. The summed E-state index contributed by atoms with van der Waals surface area (Å²) in [7, 11) is 0. The normalized spacial score (nSPS) is 11.8. The smallest absolute Gasteiger partial charge is 0.416 e. The molecule has 3 aromatic rings. The summed E-state index contributed by atoms with van der Waals surface area (Å²) in [4.78, 5) is 11.1. The maximum atomic E-state index is 12.5. The minimum absolute atomic E-state index is 0.0828. The molecule has 0 aliphatic carbocycles. The second kappa shape index (κ2) is 4.91. The van der Waals surface area contributed by atoms with Gasteiger partial charge >= 0.3 is 12.1 Å². The van der Waals surface area contributed by atoms with Crippen LogP contribution in [-0.4, -0.2) is 11.1 Å². The van der Waals surface area contributed by atoms with Crippen LogP contribution in [0.1, 0.15) is 15.9 Å². The first-order valence-corrected chi connectivity index (χ1v) is 6.30. The maximum Gasteiger partial charge on any atom is 0.416 e. The Morgan fingerprint density at radius 1 is 1.05 bits per heavy atom. The fourth-order valence-electron chi connectivity index (χ4n) is 2.21. The lowest BCUT2D eigenvalue weighted by molar-refractivity contribution is -0.137. The molecule has 1 aromatic heterocycles. The molecule has 0 fully saturated rings. The van der Waals surface area contributed by atoms with Crippen molar-refractivity contribution < 1.29 is 27.5 Å². The van der Waals surface area contributed by atoms with Crippen LogP contribution in [0, 0.1) is 0 Å². The summed E-state index contributed by atoms with van der Waals surface area (Å²) >= 11 is 0. The molecular weight excluding hydrogens is 297 g/mol. The molecule has 0 saturated heterocycles. The van der Waals surface area contributed by atoms with Crippen molar-refractivity contribution in [2.75, 3.05) is 0 Å². The summed E-state index contributed by atoms with van der Waals surface area (Å²) in [6.07, 6.45) is -4.40. The molecule has 0 saturated carbocycles. The number of halogens is 3. The number of hydrogen-bond acceptors (Lipinski definition) is 2. The lowest BCUT2D eigenvalue weighted by Crippen LogP contribution is -2.03. The molecule has 3 nitrogen and oxygen atoms in total. The molecule has 0 bridgehead atoms. The molecule has 0 spiro atoms. The van der Waals surface area contributed by atoms with Crippen molar-refractivity contribution in [3.8, 4) is 11.3 Å². The van der Waals surface area contributed by atoms with E-state index in [2.05, 4.69) is 0 Å².